The third-order valence-electron chi connectivity index (χ3n) is 2.84. The van der Waals surface area contributed by atoms with Gasteiger partial charge in [0.05, 0.1) is 6.10 Å². The average molecular weight is 224 g/mol. The van der Waals surface area contributed by atoms with E-state index in [0.717, 1.165) is 22.3 Å². The molecule has 1 heteroatoms. The Morgan fingerprint density at radius 1 is 1.00 bits per heavy atom. The van der Waals surface area contributed by atoms with Crippen LogP contribution in [0.5, 0.6) is 0 Å². The molecule has 0 amide bonds. The second-order valence-corrected chi connectivity index (χ2v) is 4.15. The second-order valence-electron chi connectivity index (χ2n) is 4.15. The molecular weight excluding hydrogens is 208 g/mol. The molecule has 0 bridgehead atoms. The van der Waals surface area contributed by atoms with Crippen molar-refractivity contribution in [3.8, 4) is 0 Å². The van der Waals surface area contributed by atoms with Gasteiger partial charge in [-0.3, -0.25) is 0 Å². The summed E-state index contributed by atoms with van der Waals surface area (Å²) in [5.41, 5.74) is 4.05. The lowest BCUT2D eigenvalue weighted by Gasteiger charge is -2.10. The highest BCUT2D eigenvalue weighted by molar-refractivity contribution is 5.78. The van der Waals surface area contributed by atoms with Crippen LogP contribution in [-0.2, 0) is 0 Å². The first-order chi connectivity index (χ1) is 8.18. The van der Waals surface area contributed by atoms with Crippen LogP contribution in [0.2, 0.25) is 0 Å². The van der Waals surface area contributed by atoms with Crippen molar-refractivity contribution in [2.45, 2.75) is 13.0 Å². The molecule has 2 rings (SSSR count). The topological polar surface area (TPSA) is 20.2 Å². The van der Waals surface area contributed by atoms with Gasteiger partial charge in [-0.1, -0.05) is 55.1 Å². The molecule has 2 aromatic carbocycles. The number of rotatable bonds is 3. The first-order valence-corrected chi connectivity index (χ1v) is 5.71. The largest absolute Gasteiger partial charge is 0.389 e. The summed E-state index contributed by atoms with van der Waals surface area (Å²) in [5.74, 6) is 0. The molecule has 2 aromatic rings. The Balaban J connectivity index is 2.35. The van der Waals surface area contributed by atoms with Gasteiger partial charge in [0.1, 0.15) is 0 Å². The molecule has 86 valence electrons. The summed E-state index contributed by atoms with van der Waals surface area (Å²) in [4.78, 5) is 0. The highest BCUT2D eigenvalue weighted by Gasteiger charge is 2.05. The fraction of sp³-hybridized carbons (Fsp3) is 0.125. The van der Waals surface area contributed by atoms with Crippen molar-refractivity contribution in [1.82, 2.24) is 0 Å². The molecule has 1 nitrogen and oxygen atoms in total. The van der Waals surface area contributed by atoms with Crippen LogP contribution in [0.1, 0.15) is 29.7 Å². The molecule has 1 atom stereocenters. The zero-order valence-corrected chi connectivity index (χ0v) is 9.93. The highest BCUT2D eigenvalue weighted by atomic mass is 16.3. The van der Waals surface area contributed by atoms with Crippen LogP contribution in [0.3, 0.4) is 0 Å². The third kappa shape index (κ3) is 2.63. The summed E-state index contributed by atoms with van der Waals surface area (Å²) < 4.78 is 0. The summed E-state index contributed by atoms with van der Waals surface area (Å²) in [6.07, 6.45) is -0.446. The van der Waals surface area contributed by atoms with Gasteiger partial charge >= 0.3 is 0 Å². The van der Waals surface area contributed by atoms with E-state index in [9.17, 15) is 5.11 Å². The van der Waals surface area contributed by atoms with Gasteiger partial charge in [-0.05, 0) is 35.3 Å². The van der Waals surface area contributed by atoms with Crippen LogP contribution >= 0.6 is 0 Å². The van der Waals surface area contributed by atoms with E-state index in [4.69, 9.17) is 0 Å². The SMILES string of the molecule is C=C(c1ccccc1)c1cccc(C(C)O)c1. The van der Waals surface area contributed by atoms with Crippen LogP contribution in [0, 0.1) is 0 Å². The predicted molar refractivity (Wildman–Crippen MR) is 71.7 cm³/mol. The van der Waals surface area contributed by atoms with Gasteiger partial charge in [0.25, 0.3) is 0 Å². The Bertz CT molecular complexity index is 512. The molecule has 0 radical (unpaired) electrons. The minimum atomic E-state index is -0.446. The zero-order chi connectivity index (χ0) is 12.3. The Labute approximate surface area is 102 Å². The van der Waals surface area contributed by atoms with Crippen LogP contribution in [0.15, 0.2) is 61.2 Å². The quantitative estimate of drug-likeness (QED) is 0.840. The van der Waals surface area contributed by atoms with Crippen molar-refractivity contribution in [3.63, 3.8) is 0 Å². The summed E-state index contributed by atoms with van der Waals surface area (Å²) >= 11 is 0. The van der Waals surface area contributed by atoms with Crippen LogP contribution < -0.4 is 0 Å². The smallest absolute Gasteiger partial charge is 0.0762 e. The van der Waals surface area contributed by atoms with Crippen molar-refractivity contribution in [3.05, 3.63) is 77.9 Å². The molecule has 0 fully saturated rings. The van der Waals surface area contributed by atoms with Crippen molar-refractivity contribution < 1.29 is 5.11 Å². The molecule has 0 aliphatic carbocycles. The molecule has 0 aliphatic rings. The maximum atomic E-state index is 9.57. The second kappa shape index (κ2) is 4.98. The fourth-order valence-electron chi connectivity index (χ4n) is 1.79. The lowest BCUT2D eigenvalue weighted by Crippen LogP contribution is -1.93. The molecule has 0 saturated carbocycles. The van der Waals surface area contributed by atoms with Crippen molar-refractivity contribution in [2.75, 3.05) is 0 Å². The predicted octanol–water partition coefficient (Wildman–Crippen LogP) is 3.80. The van der Waals surface area contributed by atoms with Crippen molar-refractivity contribution in [2.24, 2.45) is 0 Å². The van der Waals surface area contributed by atoms with E-state index in [-0.39, 0.29) is 0 Å². The molecular formula is C16H16O. The van der Waals surface area contributed by atoms with Crippen molar-refractivity contribution >= 4 is 5.57 Å². The van der Waals surface area contributed by atoms with Crippen LogP contribution in [0.25, 0.3) is 5.57 Å². The Hall–Kier alpha value is -1.86. The molecule has 1 unspecified atom stereocenters. The minimum Gasteiger partial charge on any atom is -0.389 e. The molecule has 0 aromatic heterocycles. The standard InChI is InChI=1S/C16H16O/c1-12(14-7-4-3-5-8-14)15-9-6-10-16(11-15)13(2)17/h3-11,13,17H,1H2,2H3. The first kappa shape index (κ1) is 11.6. The number of hydrogen-bond donors (Lipinski definition) is 1. The van der Waals surface area contributed by atoms with E-state index >= 15 is 0 Å². The fourth-order valence-corrected chi connectivity index (χ4v) is 1.79. The van der Waals surface area contributed by atoms with Crippen LogP contribution in [-0.4, -0.2) is 5.11 Å². The normalized spacial score (nSPS) is 12.1. The minimum absolute atomic E-state index is 0.446. The van der Waals surface area contributed by atoms with Gasteiger partial charge in [0.15, 0.2) is 0 Å². The first-order valence-electron chi connectivity index (χ1n) is 5.71. The lowest BCUT2D eigenvalue weighted by atomic mass is 9.97. The van der Waals surface area contributed by atoms with Gasteiger partial charge in [-0.15, -0.1) is 0 Å². The van der Waals surface area contributed by atoms with E-state index in [2.05, 4.69) is 6.58 Å². The summed E-state index contributed by atoms with van der Waals surface area (Å²) in [6, 6.07) is 17.9. The Morgan fingerprint density at radius 2 is 1.65 bits per heavy atom. The van der Waals surface area contributed by atoms with Crippen molar-refractivity contribution in [1.29, 1.82) is 0 Å². The highest BCUT2D eigenvalue weighted by Crippen LogP contribution is 2.23. The number of hydrogen-bond acceptors (Lipinski definition) is 1. The lowest BCUT2D eigenvalue weighted by molar-refractivity contribution is 0.199. The average Bonchev–Trinajstić information content (AvgIpc) is 2.39. The number of aliphatic hydroxyl groups excluding tert-OH is 1. The van der Waals surface area contributed by atoms with Crippen LogP contribution in [0.4, 0.5) is 0 Å². The molecule has 0 spiro atoms. The van der Waals surface area contributed by atoms with E-state index < -0.39 is 6.10 Å². The van der Waals surface area contributed by atoms with Gasteiger partial charge in [0, 0.05) is 0 Å². The summed E-state index contributed by atoms with van der Waals surface area (Å²) in [5, 5.41) is 9.57. The van der Waals surface area contributed by atoms with E-state index in [1.165, 1.54) is 0 Å². The molecule has 0 saturated heterocycles. The molecule has 1 N–H and O–H groups in total. The number of aliphatic hydroxyl groups is 1. The number of benzene rings is 2. The van der Waals surface area contributed by atoms with Gasteiger partial charge < -0.3 is 5.11 Å². The van der Waals surface area contributed by atoms with E-state index in [1.54, 1.807) is 6.92 Å². The Morgan fingerprint density at radius 3 is 2.29 bits per heavy atom. The summed E-state index contributed by atoms with van der Waals surface area (Å²) in [7, 11) is 0. The van der Waals surface area contributed by atoms with E-state index in [0.29, 0.717) is 0 Å². The Kier molecular flexibility index (Phi) is 3.40. The van der Waals surface area contributed by atoms with Gasteiger partial charge in [-0.25, -0.2) is 0 Å². The molecule has 0 heterocycles. The van der Waals surface area contributed by atoms with Gasteiger partial charge in [0.2, 0.25) is 0 Å². The maximum Gasteiger partial charge on any atom is 0.0762 e. The summed E-state index contributed by atoms with van der Waals surface area (Å²) in [6.45, 7) is 5.88. The third-order valence-corrected chi connectivity index (χ3v) is 2.84. The maximum absolute atomic E-state index is 9.57. The molecule has 17 heavy (non-hydrogen) atoms. The monoisotopic (exact) mass is 224 g/mol. The molecule has 0 aliphatic heterocycles. The van der Waals surface area contributed by atoms with E-state index in [1.807, 2.05) is 54.6 Å². The zero-order valence-electron chi connectivity index (χ0n) is 9.93. The van der Waals surface area contributed by atoms with Gasteiger partial charge in [-0.2, -0.15) is 0 Å².